The molecule has 1 N–H and O–H groups in total. The van der Waals surface area contributed by atoms with Crippen LogP contribution in [0.5, 0.6) is 11.5 Å². The lowest BCUT2D eigenvalue weighted by molar-refractivity contribution is 0.373. The Bertz CT molecular complexity index is 1400. The fourth-order valence-electron chi connectivity index (χ4n) is 3.93. The van der Waals surface area contributed by atoms with E-state index in [1.165, 1.54) is 7.11 Å². The topological polar surface area (TPSA) is 47.3 Å². The molecule has 0 aliphatic heterocycles. The van der Waals surface area contributed by atoms with Gasteiger partial charge in [0, 0.05) is 27.4 Å². The van der Waals surface area contributed by atoms with Gasteiger partial charge in [-0.1, -0.05) is 72.3 Å². The van der Waals surface area contributed by atoms with Crippen LogP contribution in [0, 0.1) is 0 Å². The summed E-state index contributed by atoms with van der Waals surface area (Å²) >= 11 is 6.20. The second kappa shape index (κ2) is 8.85. The highest BCUT2D eigenvalue weighted by atomic mass is 35.5. The predicted molar refractivity (Wildman–Crippen MR) is 133 cm³/mol. The Hall–Kier alpha value is -4.02. The van der Waals surface area contributed by atoms with Crippen LogP contribution in [-0.4, -0.2) is 21.8 Å². The van der Waals surface area contributed by atoms with Gasteiger partial charge in [-0.2, -0.15) is 0 Å². The molecule has 33 heavy (non-hydrogen) atoms. The molecule has 162 valence electrons. The van der Waals surface area contributed by atoms with Gasteiger partial charge in [-0.05, 0) is 42.5 Å². The van der Waals surface area contributed by atoms with Gasteiger partial charge in [0.1, 0.15) is 5.82 Å². The molecule has 0 aliphatic carbocycles. The van der Waals surface area contributed by atoms with Crippen LogP contribution in [0.1, 0.15) is 0 Å². The van der Waals surface area contributed by atoms with Crippen LogP contribution >= 0.6 is 11.6 Å². The van der Waals surface area contributed by atoms with Gasteiger partial charge < -0.3 is 9.84 Å². The van der Waals surface area contributed by atoms with E-state index >= 15 is 0 Å². The Kier molecular flexibility index (Phi) is 5.59. The van der Waals surface area contributed by atoms with Crippen LogP contribution in [-0.2, 0) is 0 Å². The van der Waals surface area contributed by atoms with Crippen LogP contribution in [0.3, 0.4) is 0 Å². The number of hydrogen-bond acceptors (Lipinski definition) is 3. The molecule has 5 heteroatoms. The number of phenolic OH excluding ortho intramolecular Hbond substituents is 1. The first-order valence-electron chi connectivity index (χ1n) is 10.5. The fourth-order valence-corrected chi connectivity index (χ4v) is 4.06. The lowest BCUT2D eigenvalue weighted by atomic mass is 10.0. The molecule has 0 atom stereocenters. The first kappa shape index (κ1) is 20.9. The van der Waals surface area contributed by atoms with E-state index in [2.05, 4.69) is 28.8 Å². The van der Waals surface area contributed by atoms with E-state index in [1.807, 2.05) is 66.7 Å². The molecule has 5 rings (SSSR count). The smallest absolute Gasteiger partial charge is 0.161 e. The summed E-state index contributed by atoms with van der Waals surface area (Å²) in [5.41, 5.74) is 5.62. The highest BCUT2D eigenvalue weighted by Gasteiger charge is 2.23. The molecule has 0 radical (unpaired) electrons. The number of halogens is 1. The number of hydrogen-bond donors (Lipinski definition) is 1. The van der Waals surface area contributed by atoms with Crippen molar-refractivity contribution in [2.24, 2.45) is 0 Å². The van der Waals surface area contributed by atoms with E-state index in [9.17, 15) is 5.11 Å². The van der Waals surface area contributed by atoms with Crippen LogP contribution in [0.2, 0.25) is 5.02 Å². The lowest BCUT2D eigenvalue weighted by Gasteiger charge is -2.14. The van der Waals surface area contributed by atoms with Crippen LogP contribution in [0.4, 0.5) is 0 Å². The molecule has 4 aromatic carbocycles. The third-order valence-corrected chi connectivity index (χ3v) is 5.75. The van der Waals surface area contributed by atoms with Gasteiger partial charge in [-0.3, -0.25) is 4.57 Å². The van der Waals surface area contributed by atoms with E-state index in [-0.39, 0.29) is 5.75 Å². The van der Waals surface area contributed by atoms with Crippen LogP contribution in [0.25, 0.3) is 39.6 Å². The van der Waals surface area contributed by atoms with Crippen molar-refractivity contribution in [3.63, 3.8) is 0 Å². The van der Waals surface area contributed by atoms with Crippen molar-refractivity contribution in [2.75, 3.05) is 7.11 Å². The molecule has 5 aromatic rings. The molecule has 0 unspecified atom stereocenters. The molecule has 0 spiro atoms. The van der Waals surface area contributed by atoms with Crippen molar-refractivity contribution >= 4 is 11.6 Å². The van der Waals surface area contributed by atoms with E-state index in [0.717, 1.165) is 39.6 Å². The maximum atomic E-state index is 10.1. The summed E-state index contributed by atoms with van der Waals surface area (Å²) in [7, 11) is 1.54. The van der Waals surface area contributed by atoms with Crippen molar-refractivity contribution in [1.82, 2.24) is 9.55 Å². The predicted octanol–water partition coefficient (Wildman–Crippen LogP) is 7.24. The molecule has 0 saturated carbocycles. The number of aromatic hydroxyl groups is 1. The maximum absolute atomic E-state index is 10.1. The Morgan fingerprint density at radius 3 is 2.03 bits per heavy atom. The van der Waals surface area contributed by atoms with Crippen molar-refractivity contribution in [1.29, 1.82) is 0 Å². The van der Waals surface area contributed by atoms with E-state index in [1.54, 1.807) is 12.1 Å². The highest BCUT2D eigenvalue weighted by molar-refractivity contribution is 6.30. The maximum Gasteiger partial charge on any atom is 0.161 e. The summed E-state index contributed by atoms with van der Waals surface area (Å²) in [5.74, 6) is 1.20. The number of imidazole rings is 1. The van der Waals surface area contributed by atoms with Gasteiger partial charge in [-0.25, -0.2) is 4.98 Å². The van der Waals surface area contributed by atoms with Crippen LogP contribution in [0.15, 0.2) is 103 Å². The molecule has 4 nitrogen and oxygen atoms in total. The number of ether oxygens (including phenoxy) is 1. The molecule has 0 aliphatic rings. The van der Waals surface area contributed by atoms with Gasteiger partial charge in [0.05, 0.1) is 18.5 Å². The van der Waals surface area contributed by atoms with E-state index in [0.29, 0.717) is 10.8 Å². The van der Waals surface area contributed by atoms with Gasteiger partial charge in [0.2, 0.25) is 0 Å². The van der Waals surface area contributed by atoms with Gasteiger partial charge in [0.15, 0.2) is 11.5 Å². The van der Waals surface area contributed by atoms with E-state index < -0.39 is 0 Å². The Morgan fingerprint density at radius 1 is 0.758 bits per heavy atom. The molecule has 0 fully saturated rings. The zero-order valence-corrected chi connectivity index (χ0v) is 18.7. The summed E-state index contributed by atoms with van der Waals surface area (Å²) in [6, 6.07) is 33.3. The molecule has 1 aromatic heterocycles. The number of benzene rings is 4. The Labute approximate surface area is 197 Å². The minimum absolute atomic E-state index is 0.0809. The largest absolute Gasteiger partial charge is 0.504 e. The fraction of sp³-hybridized carbons (Fsp3) is 0.0357. The Morgan fingerprint density at radius 2 is 1.39 bits per heavy atom. The molecular weight excluding hydrogens is 432 g/mol. The summed E-state index contributed by atoms with van der Waals surface area (Å²) in [6.07, 6.45) is 0. The molecule has 0 saturated heterocycles. The van der Waals surface area contributed by atoms with Crippen molar-refractivity contribution in [3.05, 3.63) is 108 Å². The summed E-state index contributed by atoms with van der Waals surface area (Å²) < 4.78 is 7.50. The van der Waals surface area contributed by atoms with Crippen molar-refractivity contribution in [3.8, 4) is 51.1 Å². The number of phenols is 1. The van der Waals surface area contributed by atoms with E-state index in [4.69, 9.17) is 21.3 Å². The molecule has 0 amide bonds. The first-order valence-corrected chi connectivity index (χ1v) is 10.9. The third-order valence-electron chi connectivity index (χ3n) is 5.49. The minimum Gasteiger partial charge on any atom is -0.504 e. The SMILES string of the molecule is COc1cc(-c2nc(-c3ccccc3)c(-c3ccccc3)n2-c2ccc(Cl)cc2)ccc1O. The highest BCUT2D eigenvalue weighted by Crippen LogP contribution is 2.40. The normalized spacial score (nSPS) is 10.8. The summed E-state index contributed by atoms with van der Waals surface area (Å²) in [6.45, 7) is 0. The Balaban J connectivity index is 1.88. The van der Waals surface area contributed by atoms with Gasteiger partial charge in [0.25, 0.3) is 0 Å². The van der Waals surface area contributed by atoms with Gasteiger partial charge in [-0.15, -0.1) is 0 Å². The second-order valence-electron chi connectivity index (χ2n) is 7.56. The zero-order chi connectivity index (χ0) is 22.8. The lowest BCUT2D eigenvalue weighted by Crippen LogP contribution is -2.00. The average molecular weight is 453 g/mol. The number of aromatic nitrogens is 2. The minimum atomic E-state index is 0.0809. The number of methoxy groups -OCH3 is 1. The van der Waals surface area contributed by atoms with Gasteiger partial charge >= 0.3 is 0 Å². The van der Waals surface area contributed by atoms with Crippen molar-refractivity contribution in [2.45, 2.75) is 0 Å². The molecule has 1 heterocycles. The monoisotopic (exact) mass is 452 g/mol. The number of nitrogens with zero attached hydrogens (tertiary/aromatic N) is 2. The number of rotatable bonds is 5. The van der Waals surface area contributed by atoms with Crippen LogP contribution < -0.4 is 4.74 Å². The molecular formula is C28H21ClN2O2. The second-order valence-corrected chi connectivity index (χ2v) is 8.00. The summed E-state index contributed by atoms with van der Waals surface area (Å²) in [5, 5.41) is 10.8. The quantitative estimate of drug-likeness (QED) is 0.305. The third kappa shape index (κ3) is 3.97. The summed E-state index contributed by atoms with van der Waals surface area (Å²) in [4.78, 5) is 5.12. The van der Waals surface area contributed by atoms with Crippen molar-refractivity contribution < 1.29 is 9.84 Å². The standard InChI is InChI=1S/C28H21ClN2O2/c1-33-25-18-21(12-17-24(25)32)28-30-26(19-8-4-2-5-9-19)27(20-10-6-3-7-11-20)31(28)23-15-13-22(29)14-16-23/h2-18,32H,1H3. The zero-order valence-electron chi connectivity index (χ0n) is 17.9. The average Bonchev–Trinajstić information content (AvgIpc) is 3.26. The first-order chi connectivity index (χ1) is 16.2. The molecule has 0 bridgehead atoms.